The number of hydrogen-bond acceptors (Lipinski definition) is 2. The van der Waals surface area contributed by atoms with E-state index in [1.165, 1.54) is 50.1 Å². The second-order valence-electron chi connectivity index (χ2n) is 8.46. The number of rotatable bonds is 1. The van der Waals surface area contributed by atoms with Gasteiger partial charge in [0.25, 0.3) is 0 Å². The number of benzene rings is 3. The molecule has 1 heterocycles. The molecule has 0 aromatic heterocycles. The van der Waals surface area contributed by atoms with Gasteiger partial charge in [0.1, 0.15) is 11.5 Å². The van der Waals surface area contributed by atoms with Crippen LogP contribution in [0.4, 0.5) is 0 Å². The second kappa shape index (κ2) is 5.39. The average Bonchev–Trinajstić information content (AvgIpc) is 2.85. The minimum Gasteiger partial charge on any atom is -0.452 e. The van der Waals surface area contributed by atoms with Crippen LogP contribution >= 0.6 is 0 Å². The van der Waals surface area contributed by atoms with E-state index in [1.54, 1.807) is 0 Å². The first-order valence-electron chi connectivity index (χ1n) is 9.57. The molecule has 0 unspecified atom stereocenters. The number of hydrogen-bond donors (Lipinski definition) is 0. The van der Waals surface area contributed by atoms with Gasteiger partial charge in [0, 0.05) is 25.0 Å². The second-order valence-corrected chi connectivity index (χ2v) is 8.46. The highest BCUT2D eigenvalue weighted by atomic mass is 16.7. The van der Waals surface area contributed by atoms with Gasteiger partial charge in [0.05, 0.1) is 0 Å². The van der Waals surface area contributed by atoms with Crippen LogP contribution in [0.25, 0.3) is 22.3 Å². The van der Waals surface area contributed by atoms with Crippen molar-refractivity contribution in [2.45, 2.75) is 46.8 Å². The largest absolute Gasteiger partial charge is 0.452 e. The van der Waals surface area contributed by atoms with E-state index in [2.05, 4.69) is 63.2 Å². The highest BCUT2D eigenvalue weighted by Gasteiger charge is 2.35. The van der Waals surface area contributed by atoms with Crippen LogP contribution in [0.1, 0.15) is 41.7 Å². The van der Waals surface area contributed by atoms with Gasteiger partial charge >= 0.3 is 0 Å². The van der Waals surface area contributed by atoms with E-state index < -0.39 is 5.79 Å². The smallest absolute Gasteiger partial charge is 0.245 e. The monoisotopic (exact) mass is 356 g/mol. The fourth-order valence-corrected chi connectivity index (χ4v) is 4.57. The van der Waals surface area contributed by atoms with Crippen LogP contribution in [0.3, 0.4) is 0 Å². The van der Waals surface area contributed by atoms with E-state index in [1.807, 2.05) is 13.8 Å². The molecule has 0 bridgehead atoms. The molecule has 0 saturated carbocycles. The summed E-state index contributed by atoms with van der Waals surface area (Å²) in [5.74, 6) is 1.15. The lowest BCUT2D eigenvalue weighted by molar-refractivity contribution is -0.0779. The van der Waals surface area contributed by atoms with E-state index in [9.17, 15) is 0 Å². The Morgan fingerprint density at radius 1 is 0.630 bits per heavy atom. The average molecular weight is 356 g/mol. The van der Waals surface area contributed by atoms with Crippen LogP contribution in [-0.2, 0) is 6.42 Å². The van der Waals surface area contributed by atoms with Gasteiger partial charge in [0.15, 0.2) is 0 Å². The zero-order valence-electron chi connectivity index (χ0n) is 16.6. The van der Waals surface area contributed by atoms with Gasteiger partial charge in [-0.2, -0.15) is 0 Å². The SMILES string of the molecule is Cc1cc(C)cc(-c2cc3c4c(c2)OC(C)(C)Oc2cc(C)cc(c2-4)C3)c1. The van der Waals surface area contributed by atoms with E-state index in [-0.39, 0.29) is 0 Å². The Morgan fingerprint density at radius 3 is 1.81 bits per heavy atom. The molecule has 0 saturated heterocycles. The minimum atomic E-state index is -0.708. The molecular formula is C25H24O2. The number of aryl methyl sites for hydroxylation is 3. The molecular weight excluding hydrogens is 332 g/mol. The summed E-state index contributed by atoms with van der Waals surface area (Å²) in [6.07, 6.45) is 0.929. The zero-order valence-corrected chi connectivity index (χ0v) is 16.6. The van der Waals surface area contributed by atoms with Crippen molar-refractivity contribution in [1.82, 2.24) is 0 Å². The molecule has 5 rings (SSSR count). The van der Waals surface area contributed by atoms with Crippen molar-refractivity contribution in [3.8, 4) is 33.8 Å². The summed E-state index contributed by atoms with van der Waals surface area (Å²) < 4.78 is 12.7. The van der Waals surface area contributed by atoms with E-state index in [0.717, 1.165) is 17.9 Å². The predicted octanol–water partition coefficient (Wildman–Crippen LogP) is 6.36. The molecule has 0 fully saturated rings. The Labute approximate surface area is 160 Å². The van der Waals surface area contributed by atoms with E-state index in [4.69, 9.17) is 9.47 Å². The molecule has 2 heteroatoms. The molecule has 0 amide bonds. The van der Waals surface area contributed by atoms with Crippen LogP contribution < -0.4 is 9.47 Å². The first-order chi connectivity index (χ1) is 12.8. The van der Waals surface area contributed by atoms with Crippen LogP contribution in [0.2, 0.25) is 0 Å². The standard InChI is InChI=1S/C25H24O2/c1-14-6-15(2)8-17(7-14)18-11-20-12-19-9-16(3)10-21-23(19)24(20)22(13-18)27-25(4,5)26-21/h6-11,13H,12H2,1-5H3. The van der Waals surface area contributed by atoms with Crippen molar-refractivity contribution in [3.05, 3.63) is 70.3 Å². The zero-order chi connectivity index (χ0) is 18.9. The lowest BCUT2D eigenvalue weighted by Crippen LogP contribution is -2.34. The molecule has 136 valence electrons. The molecule has 2 nitrogen and oxygen atoms in total. The lowest BCUT2D eigenvalue weighted by atomic mass is 9.95. The Bertz CT molecular complexity index is 1090. The van der Waals surface area contributed by atoms with Crippen molar-refractivity contribution >= 4 is 0 Å². The Balaban J connectivity index is 1.78. The predicted molar refractivity (Wildman–Crippen MR) is 110 cm³/mol. The van der Waals surface area contributed by atoms with Gasteiger partial charge in [-0.15, -0.1) is 0 Å². The van der Waals surface area contributed by atoms with Crippen molar-refractivity contribution in [3.63, 3.8) is 0 Å². The summed E-state index contributed by atoms with van der Waals surface area (Å²) in [7, 11) is 0. The normalized spacial score (nSPS) is 15.6. The summed E-state index contributed by atoms with van der Waals surface area (Å²) in [5, 5.41) is 0. The first-order valence-corrected chi connectivity index (χ1v) is 9.57. The van der Waals surface area contributed by atoms with Gasteiger partial charge in [-0.1, -0.05) is 35.4 Å². The molecule has 27 heavy (non-hydrogen) atoms. The maximum atomic E-state index is 6.38. The molecule has 3 aromatic rings. The maximum Gasteiger partial charge on any atom is 0.245 e. The molecule has 0 radical (unpaired) electrons. The highest BCUT2D eigenvalue weighted by Crippen LogP contribution is 2.52. The molecule has 2 aliphatic rings. The van der Waals surface area contributed by atoms with Gasteiger partial charge in [0.2, 0.25) is 5.79 Å². The molecule has 3 aromatic carbocycles. The van der Waals surface area contributed by atoms with Crippen LogP contribution in [0.15, 0.2) is 42.5 Å². The van der Waals surface area contributed by atoms with Crippen LogP contribution in [0.5, 0.6) is 11.5 Å². The molecule has 1 aliphatic carbocycles. The van der Waals surface area contributed by atoms with Crippen LogP contribution in [0, 0.1) is 20.8 Å². The summed E-state index contributed by atoms with van der Waals surface area (Å²) >= 11 is 0. The quantitative estimate of drug-likeness (QED) is 0.395. The third kappa shape index (κ3) is 2.63. The number of ether oxygens (including phenoxy) is 2. The Morgan fingerprint density at radius 2 is 1.15 bits per heavy atom. The summed E-state index contributed by atoms with van der Waals surface area (Å²) in [5.41, 5.74) is 11.3. The summed E-state index contributed by atoms with van der Waals surface area (Å²) in [6.45, 7) is 10.4. The minimum absolute atomic E-state index is 0.708. The molecule has 1 aliphatic heterocycles. The van der Waals surface area contributed by atoms with Gasteiger partial charge < -0.3 is 9.47 Å². The van der Waals surface area contributed by atoms with Crippen molar-refractivity contribution in [2.75, 3.05) is 0 Å². The summed E-state index contributed by atoms with van der Waals surface area (Å²) in [4.78, 5) is 0. The van der Waals surface area contributed by atoms with Crippen LogP contribution in [-0.4, -0.2) is 5.79 Å². The third-order valence-corrected chi connectivity index (χ3v) is 5.41. The molecule has 0 spiro atoms. The van der Waals surface area contributed by atoms with Gasteiger partial charge in [-0.3, -0.25) is 0 Å². The maximum absolute atomic E-state index is 6.38. The third-order valence-electron chi connectivity index (χ3n) is 5.41. The van der Waals surface area contributed by atoms with Gasteiger partial charge in [-0.25, -0.2) is 0 Å². The van der Waals surface area contributed by atoms with Crippen molar-refractivity contribution in [1.29, 1.82) is 0 Å². The Hall–Kier alpha value is -2.74. The lowest BCUT2D eigenvalue weighted by Gasteiger charge is -2.26. The fraction of sp³-hybridized carbons (Fsp3) is 0.280. The summed E-state index contributed by atoms with van der Waals surface area (Å²) in [6, 6.07) is 15.6. The highest BCUT2D eigenvalue weighted by molar-refractivity contribution is 5.89. The topological polar surface area (TPSA) is 18.5 Å². The van der Waals surface area contributed by atoms with E-state index in [0.29, 0.717) is 0 Å². The molecule has 0 atom stereocenters. The fourth-order valence-electron chi connectivity index (χ4n) is 4.57. The van der Waals surface area contributed by atoms with Crippen molar-refractivity contribution in [2.24, 2.45) is 0 Å². The van der Waals surface area contributed by atoms with Gasteiger partial charge in [-0.05, 0) is 73.2 Å². The van der Waals surface area contributed by atoms with E-state index >= 15 is 0 Å². The first kappa shape index (κ1) is 16.4. The Kier molecular flexibility index (Phi) is 3.28. The van der Waals surface area contributed by atoms with Crippen molar-refractivity contribution < 1.29 is 9.47 Å². The molecule has 0 N–H and O–H groups in total.